The van der Waals surface area contributed by atoms with E-state index in [0.29, 0.717) is 24.4 Å². The standard InChI is InChI=1S/C12H16ClNO/c1-2-10(15)7-9(8-14)11-5-3-4-6-12(11)13/h3-6,9H,2,7-8,14H2,1H3/t9-/m1/s1. The molecule has 2 N–H and O–H groups in total. The lowest BCUT2D eigenvalue weighted by molar-refractivity contribution is -0.119. The highest BCUT2D eigenvalue weighted by Crippen LogP contribution is 2.26. The highest BCUT2D eigenvalue weighted by molar-refractivity contribution is 6.31. The summed E-state index contributed by atoms with van der Waals surface area (Å²) < 4.78 is 0. The Morgan fingerprint density at radius 2 is 2.13 bits per heavy atom. The first kappa shape index (κ1) is 12.2. The number of carbonyl (C=O) groups excluding carboxylic acids is 1. The van der Waals surface area contributed by atoms with Crippen molar-refractivity contribution in [3.63, 3.8) is 0 Å². The first-order chi connectivity index (χ1) is 7.19. The van der Waals surface area contributed by atoms with Gasteiger partial charge in [-0.25, -0.2) is 0 Å². The second-order valence-electron chi connectivity index (χ2n) is 3.55. The van der Waals surface area contributed by atoms with Crippen LogP contribution in [-0.2, 0) is 4.79 Å². The van der Waals surface area contributed by atoms with Gasteiger partial charge in [0.1, 0.15) is 5.78 Å². The van der Waals surface area contributed by atoms with E-state index in [1.807, 2.05) is 31.2 Å². The van der Waals surface area contributed by atoms with Gasteiger partial charge in [0, 0.05) is 23.8 Å². The number of benzene rings is 1. The molecule has 0 radical (unpaired) electrons. The summed E-state index contributed by atoms with van der Waals surface area (Å²) in [6.45, 7) is 2.32. The van der Waals surface area contributed by atoms with Crippen molar-refractivity contribution in [1.82, 2.24) is 0 Å². The SMILES string of the molecule is CCC(=O)C[C@H](CN)c1ccccc1Cl. The quantitative estimate of drug-likeness (QED) is 0.838. The first-order valence-electron chi connectivity index (χ1n) is 5.15. The van der Waals surface area contributed by atoms with E-state index in [0.717, 1.165) is 5.56 Å². The zero-order valence-electron chi connectivity index (χ0n) is 8.87. The smallest absolute Gasteiger partial charge is 0.133 e. The molecule has 1 rings (SSSR count). The molecule has 0 aromatic heterocycles. The van der Waals surface area contributed by atoms with Gasteiger partial charge >= 0.3 is 0 Å². The Labute approximate surface area is 95.4 Å². The Morgan fingerprint density at radius 3 is 2.67 bits per heavy atom. The summed E-state index contributed by atoms with van der Waals surface area (Å²) >= 11 is 6.06. The maximum Gasteiger partial charge on any atom is 0.133 e. The van der Waals surface area contributed by atoms with Gasteiger partial charge in [-0.05, 0) is 18.2 Å². The lowest BCUT2D eigenvalue weighted by atomic mass is 9.93. The number of hydrogen-bond donors (Lipinski definition) is 1. The second-order valence-corrected chi connectivity index (χ2v) is 3.96. The zero-order valence-corrected chi connectivity index (χ0v) is 9.63. The minimum atomic E-state index is 0.0474. The molecular weight excluding hydrogens is 210 g/mol. The van der Waals surface area contributed by atoms with Gasteiger partial charge in [-0.3, -0.25) is 4.79 Å². The molecular formula is C12H16ClNO. The monoisotopic (exact) mass is 225 g/mol. The van der Waals surface area contributed by atoms with Gasteiger partial charge in [-0.1, -0.05) is 36.7 Å². The van der Waals surface area contributed by atoms with Crippen LogP contribution < -0.4 is 5.73 Å². The van der Waals surface area contributed by atoms with Crippen molar-refractivity contribution in [3.8, 4) is 0 Å². The Balaban J connectivity index is 2.83. The molecule has 0 saturated carbocycles. The van der Waals surface area contributed by atoms with Crippen LogP contribution in [0.2, 0.25) is 5.02 Å². The summed E-state index contributed by atoms with van der Waals surface area (Å²) in [4.78, 5) is 11.4. The molecule has 0 saturated heterocycles. The van der Waals surface area contributed by atoms with Crippen LogP contribution in [0.4, 0.5) is 0 Å². The van der Waals surface area contributed by atoms with Crippen molar-refractivity contribution in [2.75, 3.05) is 6.54 Å². The van der Waals surface area contributed by atoms with Crippen LogP contribution in [0.3, 0.4) is 0 Å². The van der Waals surface area contributed by atoms with Gasteiger partial charge in [-0.2, -0.15) is 0 Å². The highest BCUT2D eigenvalue weighted by atomic mass is 35.5. The lowest BCUT2D eigenvalue weighted by Crippen LogP contribution is -2.16. The summed E-state index contributed by atoms with van der Waals surface area (Å²) in [7, 11) is 0. The topological polar surface area (TPSA) is 43.1 Å². The molecule has 0 bridgehead atoms. The summed E-state index contributed by atoms with van der Waals surface area (Å²) in [6.07, 6.45) is 1.04. The number of rotatable bonds is 5. The summed E-state index contributed by atoms with van der Waals surface area (Å²) in [5.74, 6) is 0.275. The van der Waals surface area contributed by atoms with E-state index in [1.54, 1.807) is 0 Å². The van der Waals surface area contributed by atoms with Crippen molar-refractivity contribution in [2.45, 2.75) is 25.7 Å². The van der Waals surface area contributed by atoms with E-state index in [9.17, 15) is 4.79 Å². The number of Topliss-reactive ketones (excluding diaryl/α,β-unsaturated/α-hetero) is 1. The summed E-state index contributed by atoms with van der Waals surface area (Å²) in [5, 5.41) is 0.692. The molecule has 1 aromatic rings. The van der Waals surface area contributed by atoms with E-state index in [4.69, 9.17) is 17.3 Å². The lowest BCUT2D eigenvalue weighted by Gasteiger charge is -2.15. The maximum atomic E-state index is 11.4. The third-order valence-electron chi connectivity index (χ3n) is 2.50. The normalized spacial score (nSPS) is 12.5. The molecule has 0 amide bonds. The van der Waals surface area contributed by atoms with Crippen LogP contribution in [-0.4, -0.2) is 12.3 Å². The summed E-state index contributed by atoms with van der Waals surface area (Å²) in [6, 6.07) is 7.56. The molecule has 1 atom stereocenters. The first-order valence-corrected chi connectivity index (χ1v) is 5.53. The molecule has 3 heteroatoms. The van der Waals surface area contributed by atoms with E-state index >= 15 is 0 Å². The van der Waals surface area contributed by atoms with Crippen LogP contribution in [0, 0.1) is 0 Å². The molecule has 0 aliphatic carbocycles. The van der Waals surface area contributed by atoms with Crippen LogP contribution in [0.15, 0.2) is 24.3 Å². The molecule has 0 aliphatic rings. The third-order valence-corrected chi connectivity index (χ3v) is 2.84. The van der Waals surface area contributed by atoms with Crippen LogP contribution in [0.25, 0.3) is 0 Å². The van der Waals surface area contributed by atoms with Crippen molar-refractivity contribution in [2.24, 2.45) is 5.73 Å². The number of ketones is 1. The van der Waals surface area contributed by atoms with Crippen LogP contribution >= 0.6 is 11.6 Å². The molecule has 0 unspecified atom stereocenters. The number of nitrogens with two attached hydrogens (primary N) is 1. The van der Waals surface area contributed by atoms with Crippen molar-refractivity contribution < 1.29 is 4.79 Å². The van der Waals surface area contributed by atoms with Crippen LogP contribution in [0.1, 0.15) is 31.2 Å². The minimum absolute atomic E-state index is 0.0474. The Bertz CT molecular complexity index is 338. The Hall–Kier alpha value is -0.860. The van der Waals surface area contributed by atoms with Crippen molar-refractivity contribution in [3.05, 3.63) is 34.9 Å². The maximum absolute atomic E-state index is 11.4. The number of carbonyl (C=O) groups is 1. The summed E-state index contributed by atoms with van der Waals surface area (Å²) in [5.41, 5.74) is 6.64. The molecule has 1 aromatic carbocycles. The average Bonchev–Trinajstić information content (AvgIpc) is 2.26. The molecule has 2 nitrogen and oxygen atoms in total. The molecule has 15 heavy (non-hydrogen) atoms. The van der Waals surface area contributed by atoms with Gasteiger partial charge in [0.05, 0.1) is 0 Å². The Kier molecular flexibility index (Phi) is 4.79. The fourth-order valence-corrected chi connectivity index (χ4v) is 1.84. The molecule has 82 valence electrons. The fraction of sp³-hybridized carbons (Fsp3) is 0.417. The minimum Gasteiger partial charge on any atom is -0.330 e. The number of hydrogen-bond acceptors (Lipinski definition) is 2. The van der Waals surface area contributed by atoms with E-state index in [2.05, 4.69) is 0 Å². The van der Waals surface area contributed by atoms with E-state index in [1.165, 1.54) is 0 Å². The van der Waals surface area contributed by atoms with Crippen LogP contribution in [0.5, 0.6) is 0 Å². The fourth-order valence-electron chi connectivity index (χ4n) is 1.55. The Morgan fingerprint density at radius 1 is 1.47 bits per heavy atom. The number of halogens is 1. The zero-order chi connectivity index (χ0) is 11.3. The molecule has 0 aliphatic heterocycles. The molecule has 0 spiro atoms. The van der Waals surface area contributed by atoms with Gasteiger partial charge in [0.2, 0.25) is 0 Å². The van der Waals surface area contributed by atoms with Crippen molar-refractivity contribution >= 4 is 17.4 Å². The van der Waals surface area contributed by atoms with Gasteiger partial charge in [0.15, 0.2) is 0 Å². The van der Waals surface area contributed by atoms with Crippen molar-refractivity contribution in [1.29, 1.82) is 0 Å². The predicted octanol–water partition coefficient (Wildman–Crippen LogP) is 2.75. The average molecular weight is 226 g/mol. The highest BCUT2D eigenvalue weighted by Gasteiger charge is 2.15. The molecule has 0 fully saturated rings. The largest absolute Gasteiger partial charge is 0.330 e. The molecule has 0 heterocycles. The van der Waals surface area contributed by atoms with Gasteiger partial charge in [0.25, 0.3) is 0 Å². The predicted molar refractivity (Wildman–Crippen MR) is 63.2 cm³/mol. The van der Waals surface area contributed by atoms with Gasteiger partial charge in [-0.15, -0.1) is 0 Å². The van der Waals surface area contributed by atoms with Gasteiger partial charge < -0.3 is 5.73 Å². The van der Waals surface area contributed by atoms with E-state index < -0.39 is 0 Å². The third kappa shape index (κ3) is 3.33. The second kappa shape index (κ2) is 5.89. The van der Waals surface area contributed by atoms with E-state index in [-0.39, 0.29) is 11.7 Å².